The molecular weight excluding hydrogens is 745 g/mol. The summed E-state index contributed by atoms with van der Waals surface area (Å²) in [6.07, 6.45) is 2.53. The Morgan fingerprint density at radius 2 is 1.39 bits per heavy atom. The molecule has 0 aliphatic carbocycles. The number of nitrogens with one attached hydrogen (secondary N) is 4. The van der Waals surface area contributed by atoms with E-state index in [2.05, 4.69) is 21.3 Å². The number of esters is 1. The van der Waals surface area contributed by atoms with E-state index in [1.54, 1.807) is 38.1 Å². The van der Waals surface area contributed by atoms with Gasteiger partial charge in [-0.25, -0.2) is 4.79 Å². The van der Waals surface area contributed by atoms with Crippen molar-refractivity contribution in [2.45, 2.75) is 105 Å². The Bertz CT molecular complexity index is 1510. The van der Waals surface area contributed by atoms with Gasteiger partial charge in [0.25, 0.3) is 0 Å². The Morgan fingerprint density at radius 3 is 1.93 bits per heavy atom. The number of carbonyl (C=O) groups is 8. The molecule has 312 valence electrons. The van der Waals surface area contributed by atoms with E-state index in [9.17, 15) is 38.4 Å². The van der Waals surface area contributed by atoms with E-state index in [1.807, 2.05) is 20.8 Å². The van der Waals surface area contributed by atoms with Gasteiger partial charge in [-0.3, -0.25) is 33.6 Å². The molecule has 8 amide bonds. The van der Waals surface area contributed by atoms with E-state index in [0.717, 1.165) is 0 Å². The summed E-state index contributed by atoms with van der Waals surface area (Å²) in [6, 6.07) is 3.90. The van der Waals surface area contributed by atoms with Crippen molar-refractivity contribution in [1.82, 2.24) is 30.7 Å². The van der Waals surface area contributed by atoms with Crippen LogP contribution in [-0.2, 0) is 44.9 Å². The first kappa shape index (κ1) is 47.3. The largest absolute Gasteiger partial charge is 0.461 e. The number of carbonyl (C=O) groups excluding carboxylic acids is 8. The summed E-state index contributed by atoms with van der Waals surface area (Å²) >= 11 is 1.21. The number of benzene rings is 1. The van der Waals surface area contributed by atoms with Crippen LogP contribution in [0.1, 0.15) is 92.1 Å². The molecule has 1 saturated heterocycles. The van der Waals surface area contributed by atoms with Crippen LogP contribution in [0.5, 0.6) is 0 Å². The highest BCUT2D eigenvalue weighted by Gasteiger charge is 2.32. The Balaban J connectivity index is 1.98. The molecular formula is C38H60N8O9S. The quantitative estimate of drug-likeness (QED) is 0.0850. The Labute approximate surface area is 333 Å². The maximum Gasteiger partial charge on any atom is 0.312 e. The van der Waals surface area contributed by atoms with Crippen LogP contribution >= 0.6 is 11.8 Å². The van der Waals surface area contributed by atoms with Crippen LogP contribution in [0.4, 0.5) is 10.5 Å². The number of hydrogen-bond acceptors (Lipinski definition) is 10. The predicted octanol–water partition coefficient (Wildman–Crippen LogP) is 2.49. The van der Waals surface area contributed by atoms with E-state index in [1.165, 1.54) is 33.4 Å². The van der Waals surface area contributed by atoms with Crippen LogP contribution in [0, 0.1) is 11.8 Å². The van der Waals surface area contributed by atoms with Crippen molar-refractivity contribution in [2.75, 3.05) is 43.4 Å². The molecule has 18 heteroatoms. The Hall–Kier alpha value is -4.87. The molecule has 0 aromatic heterocycles. The van der Waals surface area contributed by atoms with Gasteiger partial charge in [-0.1, -0.05) is 46.8 Å². The lowest BCUT2D eigenvalue weighted by Crippen LogP contribution is -2.59. The molecule has 1 fully saturated rings. The molecule has 6 N–H and O–H groups in total. The van der Waals surface area contributed by atoms with Crippen LogP contribution in [-0.4, -0.2) is 112 Å². The number of nitrogens with zero attached hydrogens (tertiary/aromatic N) is 3. The van der Waals surface area contributed by atoms with E-state index < -0.39 is 41.8 Å². The molecule has 0 radical (unpaired) electrons. The number of ether oxygens (including phenoxy) is 1. The number of hydrogen-bond donors (Lipinski definition) is 5. The van der Waals surface area contributed by atoms with Gasteiger partial charge in [0.2, 0.25) is 35.4 Å². The molecule has 1 aliphatic heterocycles. The lowest BCUT2D eigenvalue weighted by Gasteiger charge is -2.42. The molecule has 0 saturated carbocycles. The third-order valence-electron chi connectivity index (χ3n) is 8.71. The first-order valence-corrected chi connectivity index (χ1v) is 20.2. The average molecular weight is 805 g/mol. The highest BCUT2D eigenvalue weighted by molar-refractivity contribution is 7.99. The van der Waals surface area contributed by atoms with Gasteiger partial charge in [0.1, 0.15) is 18.7 Å². The Kier molecular flexibility index (Phi) is 20.8. The van der Waals surface area contributed by atoms with Crippen molar-refractivity contribution >= 4 is 64.9 Å². The van der Waals surface area contributed by atoms with E-state index >= 15 is 0 Å². The fourth-order valence-corrected chi connectivity index (χ4v) is 6.28. The predicted molar refractivity (Wildman–Crippen MR) is 212 cm³/mol. The van der Waals surface area contributed by atoms with Crippen molar-refractivity contribution in [1.29, 1.82) is 0 Å². The number of thioether (sulfide) groups is 1. The SMILES string of the molecule is CCCC(=O)N1CN(C(=O)CCSCC(=O)N[C@H](C(=O)N[C@@H](CCCNC(N)=O)C(=O)Nc2ccc(COC(C)=O)cc2)C(C)C)CN(C(=O)CCC(C)C)C1. The average Bonchev–Trinajstić information content (AvgIpc) is 3.14. The number of rotatable bonds is 22. The zero-order chi connectivity index (χ0) is 41.8. The van der Waals surface area contributed by atoms with Gasteiger partial charge >= 0.3 is 12.0 Å². The zero-order valence-corrected chi connectivity index (χ0v) is 34.3. The van der Waals surface area contributed by atoms with Crippen LogP contribution in [0.3, 0.4) is 0 Å². The molecule has 0 bridgehead atoms. The zero-order valence-electron chi connectivity index (χ0n) is 33.5. The first-order chi connectivity index (χ1) is 26.5. The number of nitrogens with two attached hydrogens (primary N) is 1. The van der Waals surface area contributed by atoms with Crippen molar-refractivity contribution in [3.8, 4) is 0 Å². The van der Waals surface area contributed by atoms with Gasteiger partial charge in [-0.05, 0) is 55.2 Å². The van der Waals surface area contributed by atoms with Crippen molar-refractivity contribution in [3.63, 3.8) is 0 Å². The maximum absolute atomic E-state index is 13.5. The molecule has 1 heterocycles. The van der Waals surface area contributed by atoms with Crippen LogP contribution in [0.15, 0.2) is 24.3 Å². The molecule has 0 unspecified atom stereocenters. The van der Waals surface area contributed by atoms with Gasteiger partial charge < -0.3 is 46.4 Å². The Morgan fingerprint density at radius 1 is 0.804 bits per heavy atom. The van der Waals surface area contributed by atoms with E-state index in [-0.39, 0.29) is 81.1 Å². The summed E-state index contributed by atoms with van der Waals surface area (Å²) in [6.45, 7) is 11.3. The number of urea groups is 1. The second kappa shape index (κ2) is 24.6. The smallest absolute Gasteiger partial charge is 0.312 e. The fourth-order valence-electron chi connectivity index (χ4n) is 5.55. The molecule has 2 atom stereocenters. The van der Waals surface area contributed by atoms with Gasteiger partial charge in [0.15, 0.2) is 0 Å². The van der Waals surface area contributed by atoms with E-state index in [4.69, 9.17) is 10.5 Å². The highest BCUT2D eigenvalue weighted by atomic mass is 32.2. The van der Waals surface area contributed by atoms with Gasteiger partial charge in [-0.15, -0.1) is 0 Å². The molecule has 1 aromatic carbocycles. The molecule has 2 rings (SSSR count). The van der Waals surface area contributed by atoms with Gasteiger partial charge in [0.05, 0.1) is 25.8 Å². The molecule has 0 spiro atoms. The summed E-state index contributed by atoms with van der Waals surface area (Å²) in [4.78, 5) is 106. The van der Waals surface area contributed by atoms with Crippen LogP contribution < -0.4 is 27.0 Å². The summed E-state index contributed by atoms with van der Waals surface area (Å²) in [5.74, 6) is -2.21. The van der Waals surface area contributed by atoms with Gasteiger partial charge in [0, 0.05) is 44.2 Å². The molecule has 1 aromatic rings. The maximum atomic E-state index is 13.5. The fraction of sp³-hybridized carbons (Fsp3) is 0.632. The minimum absolute atomic E-state index is 0.0408. The molecule has 56 heavy (non-hydrogen) atoms. The molecule has 1 aliphatic rings. The first-order valence-electron chi connectivity index (χ1n) is 19.1. The minimum Gasteiger partial charge on any atom is -0.461 e. The summed E-state index contributed by atoms with van der Waals surface area (Å²) < 4.78 is 4.99. The topological polar surface area (TPSA) is 230 Å². The number of amides is 8. The van der Waals surface area contributed by atoms with Crippen molar-refractivity contribution in [2.24, 2.45) is 17.6 Å². The highest BCUT2D eigenvalue weighted by Crippen LogP contribution is 2.17. The van der Waals surface area contributed by atoms with Gasteiger partial charge in [-0.2, -0.15) is 11.8 Å². The number of anilines is 1. The number of primary amides is 1. The van der Waals surface area contributed by atoms with Crippen molar-refractivity contribution in [3.05, 3.63) is 29.8 Å². The summed E-state index contributed by atoms with van der Waals surface area (Å²) in [5.41, 5.74) is 6.31. The second-order valence-corrected chi connectivity index (χ2v) is 15.6. The normalized spacial score (nSPS) is 13.8. The molecule has 17 nitrogen and oxygen atoms in total. The second-order valence-electron chi connectivity index (χ2n) is 14.5. The van der Waals surface area contributed by atoms with E-state index in [0.29, 0.717) is 49.3 Å². The third kappa shape index (κ3) is 17.7. The summed E-state index contributed by atoms with van der Waals surface area (Å²) in [7, 11) is 0. The minimum atomic E-state index is -1.03. The van der Waals surface area contributed by atoms with Crippen molar-refractivity contribution < 1.29 is 43.1 Å². The summed E-state index contributed by atoms with van der Waals surface area (Å²) in [5, 5.41) is 10.7. The van der Waals surface area contributed by atoms with Crippen LogP contribution in [0.25, 0.3) is 0 Å². The standard InChI is InChI=1S/C38H60N8O9S/c1-7-9-32(49)44-22-45(33(50)16-11-25(2)3)24-46(23-44)34(51)17-19-56-21-31(48)43-35(26(4)5)37(53)42-30(10-8-18-40-38(39)54)36(52)41-29-14-12-28(13-15-29)20-55-27(6)47/h12-15,25-26,30,35H,7-11,16-24H2,1-6H3,(H,41,52)(H,42,53)(H,43,48)(H3,39,40,54)/t30-,35-/m0/s1. The monoisotopic (exact) mass is 804 g/mol. The van der Waals surface area contributed by atoms with Crippen LogP contribution in [0.2, 0.25) is 0 Å². The lowest BCUT2D eigenvalue weighted by atomic mass is 10.0. The third-order valence-corrected chi connectivity index (χ3v) is 9.67. The lowest BCUT2D eigenvalue weighted by molar-refractivity contribution is -0.158.